The normalized spacial score (nSPS) is 23.9. The van der Waals surface area contributed by atoms with Crippen LogP contribution in [0.4, 0.5) is 0 Å². The minimum atomic E-state index is -4.01. The molecule has 0 aromatic heterocycles. The van der Waals surface area contributed by atoms with Crippen LogP contribution in [0.25, 0.3) is 0 Å². The molecule has 1 aliphatic heterocycles. The SMILES string of the molecule is CC1(C(=O)O)CCCN1S(=O)(=O)c1cccc(Cl)c1Cl. The van der Waals surface area contributed by atoms with Crippen LogP contribution < -0.4 is 0 Å². The van der Waals surface area contributed by atoms with Gasteiger partial charge in [0.25, 0.3) is 0 Å². The third-order valence-corrected chi connectivity index (χ3v) is 6.51. The molecule has 0 radical (unpaired) electrons. The van der Waals surface area contributed by atoms with Crippen molar-refractivity contribution in [2.75, 3.05) is 6.54 Å². The number of hydrogen-bond acceptors (Lipinski definition) is 3. The summed E-state index contributed by atoms with van der Waals surface area (Å²) in [5.74, 6) is -1.17. The zero-order valence-electron chi connectivity index (χ0n) is 10.6. The van der Waals surface area contributed by atoms with E-state index in [1.807, 2.05) is 0 Å². The molecule has 0 saturated carbocycles. The molecule has 0 aliphatic carbocycles. The molecule has 1 aromatic rings. The number of hydrogen-bond donors (Lipinski definition) is 1. The third-order valence-electron chi connectivity index (χ3n) is 3.52. The number of carbonyl (C=O) groups is 1. The van der Waals surface area contributed by atoms with Gasteiger partial charge in [-0.2, -0.15) is 4.31 Å². The smallest absolute Gasteiger partial charge is 0.324 e. The molecule has 0 spiro atoms. The van der Waals surface area contributed by atoms with Gasteiger partial charge in [0.15, 0.2) is 0 Å². The highest BCUT2D eigenvalue weighted by atomic mass is 35.5. The Hall–Kier alpha value is -0.820. The first-order valence-corrected chi connectivity index (χ1v) is 8.11. The first kappa shape index (κ1) is 15.6. The number of carboxylic acid groups (broad SMARTS) is 1. The van der Waals surface area contributed by atoms with E-state index in [4.69, 9.17) is 23.2 Å². The van der Waals surface area contributed by atoms with Gasteiger partial charge in [-0.3, -0.25) is 4.79 Å². The fourth-order valence-corrected chi connectivity index (χ4v) is 4.88. The summed E-state index contributed by atoms with van der Waals surface area (Å²) >= 11 is 11.8. The largest absolute Gasteiger partial charge is 0.480 e. The van der Waals surface area contributed by atoms with Crippen molar-refractivity contribution in [3.05, 3.63) is 28.2 Å². The van der Waals surface area contributed by atoms with Crippen LogP contribution in [0.1, 0.15) is 19.8 Å². The van der Waals surface area contributed by atoms with E-state index in [0.717, 1.165) is 4.31 Å². The van der Waals surface area contributed by atoms with Crippen LogP contribution in [0.15, 0.2) is 23.1 Å². The fraction of sp³-hybridized carbons (Fsp3) is 0.417. The zero-order chi connectivity index (χ0) is 15.1. The van der Waals surface area contributed by atoms with Gasteiger partial charge in [0, 0.05) is 6.54 Å². The number of benzene rings is 1. The molecule has 110 valence electrons. The van der Waals surface area contributed by atoms with Gasteiger partial charge in [-0.25, -0.2) is 8.42 Å². The lowest BCUT2D eigenvalue weighted by molar-refractivity contribution is -0.146. The van der Waals surface area contributed by atoms with Crippen LogP contribution in [-0.2, 0) is 14.8 Å². The summed E-state index contributed by atoms with van der Waals surface area (Å²) in [4.78, 5) is 11.2. The van der Waals surface area contributed by atoms with Gasteiger partial charge in [-0.05, 0) is 31.9 Å². The summed E-state index contributed by atoms with van der Waals surface area (Å²) in [5, 5.41) is 9.34. The number of rotatable bonds is 3. The molecule has 1 fully saturated rings. The maximum absolute atomic E-state index is 12.6. The fourth-order valence-electron chi connectivity index (χ4n) is 2.34. The van der Waals surface area contributed by atoms with Crippen molar-refractivity contribution in [3.8, 4) is 0 Å². The number of sulfonamides is 1. The van der Waals surface area contributed by atoms with E-state index in [9.17, 15) is 18.3 Å². The lowest BCUT2D eigenvalue weighted by Gasteiger charge is -2.30. The highest BCUT2D eigenvalue weighted by Gasteiger charge is 2.50. The predicted octanol–water partition coefficient (Wildman–Crippen LogP) is 2.62. The maximum Gasteiger partial charge on any atom is 0.324 e. The topological polar surface area (TPSA) is 74.7 Å². The van der Waals surface area contributed by atoms with Crippen molar-refractivity contribution >= 4 is 39.2 Å². The lowest BCUT2D eigenvalue weighted by Crippen LogP contribution is -2.50. The van der Waals surface area contributed by atoms with Gasteiger partial charge in [0.05, 0.1) is 10.0 Å². The molecule has 1 aliphatic rings. The Bertz CT molecular complexity index is 661. The summed E-state index contributed by atoms with van der Waals surface area (Å²) in [6, 6.07) is 4.27. The van der Waals surface area contributed by atoms with Crippen LogP contribution in [0.5, 0.6) is 0 Å². The summed E-state index contributed by atoms with van der Waals surface area (Å²) < 4.78 is 26.3. The molecule has 1 aromatic carbocycles. The Kier molecular flexibility index (Phi) is 4.03. The van der Waals surface area contributed by atoms with Crippen molar-refractivity contribution in [2.24, 2.45) is 0 Å². The van der Waals surface area contributed by atoms with Gasteiger partial charge in [0.2, 0.25) is 10.0 Å². The van der Waals surface area contributed by atoms with Crippen LogP contribution >= 0.6 is 23.2 Å². The summed E-state index contributed by atoms with van der Waals surface area (Å²) in [5.41, 5.74) is -1.45. The molecule has 1 atom stereocenters. The van der Waals surface area contributed by atoms with E-state index in [-0.39, 0.29) is 27.9 Å². The van der Waals surface area contributed by atoms with E-state index in [2.05, 4.69) is 0 Å². The van der Waals surface area contributed by atoms with E-state index in [0.29, 0.717) is 6.42 Å². The molecule has 2 rings (SSSR count). The molecule has 1 saturated heterocycles. The van der Waals surface area contributed by atoms with Crippen molar-refractivity contribution in [1.82, 2.24) is 4.31 Å². The summed E-state index contributed by atoms with van der Waals surface area (Å²) in [6.07, 6.45) is 0.750. The van der Waals surface area contributed by atoms with Gasteiger partial charge >= 0.3 is 5.97 Å². The third kappa shape index (κ3) is 2.30. The Morgan fingerprint density at radius 1 is 1.40 bits per heavy atom. The quantitative estimate of drug-likeness (QED) is 0.919. The molecule has 0 amide bonds. The second-order valence-corrected chi connectivity index (χ2v) is 7.43. The predicted molar refractivity (Wildman–Crippen MR) is 75.6 cm³/mol. The molecular weight excluding hydrogens is 325 g/mol. The maximum atomic E-state index is 12.6. The standard InChI is InChI=1S/C12H13Cl2NO4S/c1-12(11(16)17)6-3-7-15(12)20(18,19)9-5-2-4-8(13)10(9)14/h2,4-5H,3,6-7H2,1H3,(H,16,17). The number of nitrogens with zero attached hydrogens (tertiary/aromatic N) is 1. The van der Waals surface area contributed by atoms with Crippen LogP contribution in [0, 0.1) is 0 Å². The van der Waals surface area contributed by atoms with E-state index < -0.39 is 21.5 Å². The molecule has 8 heteroatoms. The number of halogens is 2. The number of aliphatic carboxylic acids is 1. The number of carboxylic acids is 1. The van der Waals surface area contributed by atoms with Crippen LogP contribution in [0.2, 0.25) is 10.0 Å². The van der Waals surface area contributed by atoms with Crippen LogP contribution in [0.3, 0.4) is 0 Å². The first-order chi connectivity index (χ1) is 9.21. The minimum Gasteiger partial charge on any atom is -0.480 e. The van der Waals surface area contributed by atoms with Gasteiger partial charge in [-0.1, -0.05) is 29.3 Å². The highest BCUT2D eigenvalue weighted by Crippen LogP contribution is 2.38. The molecule has 20 heavy (non-hydrogen) atoms. The lowest BCUT2D eigenvalue weighted by atomic mass is 10.0. The van der Waals surface area contributed by atoms with E-state index in [1.165, 1.54) is 25.1 Å². The molecule has 1 heterocycles. The average Bonchev–Trinajstić information content (AvgIpc) is 2.77. The van der Waals surface area contributed by atoms with Crippen molar-refractivity contribution < 1.29 is 18.3 Å². The Morgan fingerprint density at radius 3 is 2.65 bits per heavy atom. The van der Waals surface area contributed by atoms with Crippen LogP contribution in [-0.4, -0.2) is 35.9 Å². The Morgan fingerprint density at radius 2 is 2.05 bits per heavy atom. The summed E-state index contributed by atoms with van der Waals surface area (Å²) in [7, 11) is -4.01. The highest BCUT2D eigenvalue weighted by molar-refractivity contribution is 7.89. The Labute approximate surface area is 127 Å². The molecule has 1 unspecified atom stereocenters. The monoisotopic (exact) mass is 337 g/mol. The molecule has 5 nitrogen and oxygen atoms in total. The minimum absolute atomic E-state index is 0.0891. The van der Waals surface area contributed by atoms with E-state index >= 15 is 0 Å². The van der Waals surface area contributed by atoms with Gasteiger partial charge in [0.1, 0.15) is 10.4 Å². The van der Waals surface area contributed by atoms with Gasteiger partial charge < -0.3 is 5.11 Å². The molecule has 0 bridgehead atoms. The second-order valence-electron chi connectivity index (χ2n) is 4.81. The van der Waals surface area contributed by atoms with E-state index in [1.54, 1.807) is 0 Å². The molecular formula is C12H13Cl2NO4S. The van der Waals surface area contributed by atoms with Gasteiger partial charge in [-0.15, -0.1) is 0 Å². The van der Waals surface area contributed by atoms with Crippen molar-refractivity contribution in [2.45, 2.75) is 30.2 Å². The average molecular weight is 338 g/mol. The molecule has 1 N–H and O–H groups in total. The van der Waals surface area contributed by atoms with Crippen molar-refractivity contribution in [1.29, 1.82) is 0 Å². The first-order valence-electron chi connectivity index (χ1n) is 5.91. The Balaban J connectivity index is 2.56. The summed E-state index contributed by atoms with van der Waals surface area (Å²) in [6.45, 7) is 1.55. The second kappa shape index (κ2) is 5.18. The zero-order valence-corrected chi connectivity index (χ0v) is 13.0. The van der Waals surface area contributed by atoms with Crippen molar-refractivity contribution in [3.63, 3.8) is 0 Å².